The molecule has 1 aromatic rings. The standard InChI is InChI=1S/C14H21BrN2O2S/c1-9(17-14(18)12(16)6-7-20-3)10-4-5-13(19-2)11(15)8-10/h4-5,8-9,12H,6-7,16H2,1-3H3,(H,17,18)/t9?,12-/m0/s1. The molecule has 3 N–H and O–H groups in total. The summed E-state index contributed by atoms with van der Waals surface area (Å²) in [5, 5.41) is 2.93. The molecule has 0 bridgehead atoms. The van der Waals surface area contributed by atoms with E-state index in [2.05, 4.69) is 21.2 Å². The van der Waals surface area contributed by atoms with Crippen molar-refractivity contribution in [1.82, 2.24) is 5.32 Å². The van der Waals surface area contributed by atoms with E-state index in [1.54, 1.807) is 18.9 Å². The van der Waals surface area contributed by atoms with Crippen LogP contribution in [0.1, 0.15) is 24.9 Å². The van der Waals surface area contributed by atoms with Gasteiger partial charge in [-0.3, -0.25) is 4.79 Å². The molecule has 112 valence electrons. The summed E-state index contributed by atoms with van der Waals surface area (Å²) < 4.78 is 6.05. The predicted molar refractivity (Wildman–Crippen MR) is 88.2 cm³/mol. The summed E-state index contributed by atoms with van der Waals surface area (Å²) in [6.45, 7) is 1.94. The second-order valence-corrected chi connectivity index (χ2v) is 6.35. The monoisotopic (exact) mass is 360 g/mol. The van der Waals surface area contributed by atoms with Crippen molar-refractivity contribution in [3.05, 3.63) is 28.2 Å². The van der Waals surface area contributed by atoms with Gasteiger partial charge in [0.25, 0.3) is 0 Å². The zero-order chi connectivity index (χ0) is 15.1. The summed E-state index contributed by atoms with van der Waals surface area (Å²) in [6, 6.07) is 5.20. The smallest absolute Gasteiger partial charge is 0.237 e. The Morgan fingerprint density at radius 1 is 1.55 bits per heavy atom. The molecule has 0 spiro atoms. The van der Waals surface area contributed by atoms with Crippen LogP contribution >= 0.6 is 27.7 Å². The van der Waals surface area contributed by atoms with Gasteiger partial charge in [0.2, 0.25) is 5.91 Å². The summed E-state index contributed by atoms with van der Waals surface area (Å²) in [6.07, 6.45) is 2.69. The fourth-order valence-electron chi connectivity index (χ4n) is 1.73. The molecule has 1 amide bonds. The molecule has 4 nitrogen and oxygen atoms in total. The zero-order valence-corrected chi connectivity index (χ0v) is 14.4. The molecule has 0 aliphatic rings. The van der Waals surface area contributed by atoms with Crippen LogP contribution in [0.3, 0.4) is 0 Å². The van der Waals surface area contributed by atoms with Crippen LogP contribution in [0.5, 0.6) is 5.75 Å². The van der Waals surface area contributed by atoms with E-state index in [1.165, 1.54) is 0 Å². The van der Waals surface area contributed by atoms with Crippen LogP contribution in [0.15, 0.2) is 22.7 Å². The van der Waals surface area contributed by atoms with Crippen LogP contribution < -0.4 is 15.8 Å². The van der Waals surface area contributed by atoms with Gasteiger partial charge in [-0.15, -0.1) is 0 Å². The third-order valence-corrected chi connectivity index (χ3v) is 4.27. The fraction of sp³-hybridized carbons (Fsp3) is 0.500. The first-order valence-electron chi connectivity index (χ1n) is 6.38. The fourth-order valence-corrected chi connectivity index (χ4v) is 2.78. The summed E-state index contributed by atoms with van der Waals surface area (Å²) in [5.41, 5.74) is 6.85. The Morgan fingerprint density at radius 3 is 2.80 bits per heavy atom. The highest BCUT2D eigenvalue weighted by molar-refractivity contribution is 9.10. The maximum absolute atomic E-state index is 12.0. The molecule has 1 unspecified atom stereocenters. The zero-order valence-electron chi connectivity index (χ0n) is 12.0. The minimum atomic E-state index is -0.452. The number of carbonyl (C=O) groups is 1. The highest BCUT2D eigenvalue weighted by Crippen LogP contribution is 2.27. The molecule has 0 heterocycles. The molecule has 0 aliphatic carbocycles. The van der Waals surface area contributed by atoms with Gasteiger partial charge in [-0.2, -0.15) is 11.8 Å². The first kappa shape index (κ1) is 17.3. The largest absolute Gasteiger partial charge is 0.496 e. The molecule has 1 rings (SSSR count). The highest BCUT2D eigenvalue weighted by Gasteiger charge is 2.16. The molecule has 0 saturated carbocycles. The van der Waals surface area contributed by atoms with Gasteiger partial charge in [-0.1, -0.05) is 6.07 Å². The van der Waals surface area contributed by atoms with Gasteiger partial charge >= 0.3 is 0 Å². The molecular weight excluding hydrogens is 340 g/mol. The normalized spacial score (nSPS) is 13.7. The number of hydrogen-bond acceptors (Lipinski definition) is 4. The Hall–Kier alpha value is -0.720. The third kappa shape index (κ3) is 5.00. The molecule has 1 aromatic carbocycles. The van der Waals surface area contributed by atoms with Crippen molar-refractivity contribution in [2.45, 2.75) is 25.4 Å². The average Bonchev–Trinajstić information content (AvgIpc) is 2.44. The second-order valence-electron chi connectivity index (χ2n) is 4.51. The number of thioether (sulfide) groups is 1. The molecule has 0 radical (unpaired) electrons. The van der Waals surface area contributed by atoms with Gasteiger partial charge < -0.3 is 15.8 Å². The lowest BCUT2D eigenvalue weighted by Gasteiger charge is -2.18. The van der Waals surface area contributed by atoms with Gasteiger partial charge in [-0.25, -0.2) is 0 Å². The number of ether oxygens (including phenoxy) is 1. The minimum absolute atomic E-state index is 0.0926. The maximum Gasteiger partial charge on any atom is 0.237 e. The van der Waals surface area contributed by atoms with E-state index in [1.807, 2.05) is 31.4 Å². The van der Waals surface area contributed by atoms with E-state index in [0.29, 0.717) is 6.42 Å². The molecule has 0 aromatic heterocycles. The van der Waals surface area contributed by atoms with Crippen LogP contribution in [0.4, 0.5) is 0 Å². The summed E-state index contributed by atoms with van der Waals surface area (Å²) in [4.78, 5) is 12.0. The van der Waals surface area contributed by atoms with Crippen LogP contribution in [-0.4, -0.2) is 31.1 Å². The second kappa shape index (κ2) is 8.54. The topological polar surface area (TPSA) is 64.3 Å². The Balaban J connectivity index is 2.64. The number of amides is 1. The van der Waals surface area contributed by atoms with Gasteiger partial charge in [0.15, 0.2) is 0 Å². The number of nitrogens with two attached hydrogens (primary N) is 1. The van der Waals surface area contributed by atoms with Crippen molar-refractivity contribution in [1.29, 1.82) is 0 Å². The number of halogens is 1. The lowest BCUT2D eigenvalue weighted by Crippen LogP contribution is -2.41. The van der Waals surface area contributed by atoms with E-state index in [4.69, 9.17) is 10.5 Å². The van der Waals surface area contributed by atoms with E-state index in [-0.39, 0.29) is 11.9 Å². The van der Waals surface area contributed by atoms with Gasteiger partial charge in [0.05, 0.1) is 23.7 Å². The first-order chi connectivity index (χ1) is 9.49. The predicted octanol–water partition coefficient (Wildman–Crippen LogP) is 2.72. The van der Waals surface area contributed by atoms with Crippen LogP contribution in [0.2, 0.25) is 0 Å². The van der Waals surface area contributed by atoms with E-state index in [9.17, 15) is 4.79 Å². The molecule has 0 saturated heterocycles. The Morgan fingerprint density at radius 2 is 2.25 bits per heavy atom. The lowest BCUT2D eigenvalue weighted by molar-refractivity contribution is -0.123. The van der Waals surface area contributed by atoms with Crippen molar-refractivity contribution in [3.8, 4) is 5.75 Å². The van der Waals surface area contributed by atoms with Crippen molar-refractivity contribution in [2.75, 3.05) is 19.1 Å². The molecule has 2 atom stereocenters. The Bertz CT molecular complexity index is 457. The number of rotatable bonds is 7. The highest BCUT2D eigenvalue weighted by atomic mass is 79.9. The molecular formula is C14H21BrN2O2S. The van der Waals surface area contributed by atoms with Crippen LogP contribution in [-0.2, 0) is 4.79 Å². The molecule has 20 heavy (non-hydrogen) atoms. The van der Waals surface area contributed by atoms with Crippen LogP contribution in [0, 0.1) is 0 Å². The maximum atomic E-state index is 12.0. The summed E-state index contributed by atoms with van der Waals surface area (Å²) >= 11 is 5.13. The molecule has 0 fully saturated rings. The van der Waals surface area contributed by atoms with Gasteiger partial charge in [0.1, 0.15) is 5.75 Å². The number of methoxy groups -OCH3 is 1. The average molecular weight is 361 g/mol. The minimum Gasteiger partial charge on any atom is -0.496 e. The summed E-state index contributed by atoms with van der Waals surface area (Å²) in [5.74, 6) is 1.54. The number of hydrogen-bond donors (Lipinski definition) is 2. The summed E-state index contributed by atoms with van der Waals surface area (Å²) in [7, 11) is 1.62. The van der Waals surface area contributed by atoms with E-state index >= 15 is 0 Å². The van der Waals surface area contributed by atoms with Crippen molar-refractivity contribution in [3.63, 3.8) is 0 Å². The number of nitrogens with one attached hydrogen (secondary N) is 1. The van der Waals surface area contributed by atoms with Crippen molar-refractivity contribution >= 4 is 33.6 Å². The third-order valence-electron chi connectivity index (χ3n) is 3.00. The number of benzene rings is 1. The molecule has 0 aliphatic heterocycles. The first-order valence-corrected chi connectivity index (χ1v) is 8.56. The lowest BCUT2D eigenvalue weighted by atomic mass is 10.1. The van der Waals surface area contributed by atoms with E-state index < -0.39 is 6.04 Å². The van der Waals surface area contributed by atoms with Gasteiger partial charge in [0, 0.05) is 0 Å². The molecule has 6 heteroatoms. The van der Waals surface area contributed by atoms with Crippen molar-refractivity contribution < 1.29 is 9.53 Å². The van der Waals surface area contributed by atoms with E-state index in [0.717, 1.165) is 21.5 Å². The number of carbonyl (C=O) groups excluding carboxylic acids is 1. The Labute approximate surface area is 133 Å². The quantitative estimate of drug-likeness (QED) is 0.784. The Kier molecular flexibility index (Phi) is 7.40. The van der Waals surface area contributed by atoms with Crippen molar-refractivity contribution in [2.24, 2.45) is 5.73 Å². The van der Waals surface area contributed by atoms with Crippen LogP contribution in [0.25, 0.3) is 0 Å². The van der Waals surface area contributed by atoms with Gasteiger partial charge in [-0.05, 0) is 59.0 Å². The SMILES string of the molecule is COc1ccc(C(C)NC(=O)[C@@H](N)CCSC)cc1Br.